The van der Waals surface area contributed by atoms with Crippen molar-refractivity contribution in [1.82, 2.24) is 5.32 Å². The van der Waals surface area contributed by atoms with E-state index in [9.17, 15) is 4.39 Å². The Labute approximate surface area is 123 Å². The number of halogens is 1. The Kier molecular flexibility index (Phi) is 3.23. The minimum absolute atomic E-state index is 0.153. The van der Waals surface area contributed by atoms with Crippen LogP contribution in [0.15, 0.2) is 28.7 Å². The number of fused-ring (bicyclic) bond motifs is 3. The molecule has 0 saturated carbocycles. The summed E-state index contributed by atoms with van der Waals surface area (Å²) < 4.78 is 25.3. The number of hydrogen-bond donors (Lipinski definition) is 1. The van der Waals surface area contributed by atoms with E-state index in [0.717, 1.165) is 36.1 Å². The second-order valence-electron chi connectivity index (χ2n) is 6.14. The Morgan fingerprint density at radius 2 is 2.24 bits per heavy atom. The summed E-state index contributed by atoms with van der Waals surface area (Å²) >= 11 is 0. The van der Waals surface area contributed by atoms with Gasteiger partial charge in [0.15, 0.2) is 0 Å². The van der Waals surface area contributed by atoms with Gasteiger partial charge in [0.1, 0.15) is 17.2 Å². The van der Waals surface area contributed by atoms with Gasteiger partial charge in [0, 0.05) is 11.3 Å². The Morgan fingerprint density at radius 1 is 1.33 bits per heavy atom. The molecule has 2 saturated heterocycles. The summed E-state index contributed by atoms with van der Waals surface area (Å²) in [5, 5.41) is 4.36. The van der Waals surface area contributed by atoms with E-state index >= 15 is 0 Å². The number of furan rings is 1. The molecule has 112 valence electrons. The largest absolute Gasteiger partial charge is 0.459 e. The van der Waals surface area contributed by atoms with Gasteiger partial charge in [-0.25, -0.2) is 4.39 Å². The highest BCUT2D eigenvalue weighted by Crippen LogP contribution is 2.45. The minimum atomic E-state index is -0.224. The summed E-state index contributed by atoms with van der Waals surface area (Å²) in [5.41, 5.74) is 0.748. The number of hydrogen-bond acceptors (Lipinski definition) is 3. The van der Waals surface area contributed by atoms with Crippen LogP contribution in [0.2, 0.25) is 0 Å². The molecular formula is C17H20FNO2. The molecule has 4 unspecified atom stereocenters. The van der Waals surface area contributed by atoms with Crippen LogP contribution in [0, 0.1) is 11.7 Å². The zero-order valence-corrected chi connectivity index (χ0v) is 12.1. The van der Waals surface area contributed by atoms with E-state index < -0.39 is 0 Å². The highest BCUT2D eigenvalue weighted by molar-refractivity contribution is 5.78. The van der Waals surface area contributed by atoms with Crippen LogP contribution in [0.5, 0.6) is 0 Å². The van der Waals surface area contributed by atoms with Gasteiger partial charge in [0.25, 0.3) is 0 Å². The van der Waals surface area contributed by atoms with Gasteiger partial charge >= 0.3 is 0 Å². The first-order valence-electron chi connectivity index (χ1n) is 7.82. The standard InChI is InChI=1S/C17H20FNO2/c1-2-19-17(13-9-12-4-6-15(13)20-12)16-8-10-7-11(18)3-5-14(10)21-16/h3,5,7-8,12-13,15,17,19H,2,4,6,9H2,1H3. The summed E-state index contributed by atoms with van der Waals surface area (Å²) in [7, 11) is 0. The summed E-state index contributed by atoms with van der Waals surface area (Å²) in [6, 6.07) is 6.80. The summed E-state index contributed by atoms with van der Waals surface area (Å²) in [6.45, 7) is 2.98. The molecule has 3 nitrogen and oxygen atoms in total. The number of rotatable bonds is 4. The fourth-order valence-corrected chi connectivity index (χ4v) is 3.90. The molecule has 4 rings (SSSR count). The zero-order chi connectivity index (χ0) is 14.4. The number of nitrogens with one attached hydrogen (secondary N) is 1. The van der Waals surface area contributed by atoms with Crippen molar-refractivity contribution >= 4 is 11.0 Å². The minimum Gasteiger partial charge on any atom is -0.459 e. The van der Waals surface area contributed by atoms with E-state index in [-0.39, 0.29) is 11.9 Å². The molecule has 0 spiro atoms. The average molecular weight is 289 g/mol. The van der Waals surface area contributed by atoms with Crippen LogP contribution in [0.3, 0.4) is 0 Å². The Hall–Kier alpha value is -1.39. The molecule has 21 heavy (non-hydrogen) atoms. The Balaban J connectivity index is 1.68. The Morgan fingerprint density at radius 3 is 2.95 bits per heavy atom. The lowest BCUT2D eigenvalue weighted by Gasteiger charge is -2.27. The van der Waals surface area contributed by atoms with Crippen molar-refractivity contribution < 1.29 is 13.5 Å². The molecule has 0 amide bonds. The van der Waals surface area contributed by atoms with Crippen LogP contribution < -0.4 is 5.32 Å². The second kappa shape index (κ2) is 5.11. The molecule has 1 N–H and O–H groups in total. The third-order valence-corrected chi connectivity index (χ3v) is 4.81. The normalized spacial score (nSPS) is 29.3. The fraction of sp³-hybridized carbons (Fsp3) is 0.529. The van der Waals surface area contributed by atoms with Gasteiger partial charge in [-0.05, 0) is 50.1 Å². The van der Waals surface area contributed by atoms with E-state index in [1.165, 1.54) is 18.6 Å². The van der Waals surface area contributed by atoms with Gasteiger partial charge in [-0.2, -0.15) is 0 Å². The molecule has 1 aromatic carbocycles. The first-order valence-corrected chi connectivity index (χ1v) is 7.82. The molecule has 2 aliphatic heterocycles. The monoisotopic (exact) mass is 289 g/mol. The van der Waals surface area contributed by atoms with Gasteiger partial charge < -0.3 is 14.5 Å². The molecule has 2 fully saturated rings. The van der Waals surface area contributed by atoms with Crippen LogP contribution in [-0.2, 0) is 4.74 Å². The molecule has 4 atom stereocenters. The molecule has 3 heterocycles. The van der Waals surface area contributed by atoms with E-state index in [4.69, 9.17) is 9.15 Å². The number of ether oxygens (including phenoxy) is 1. The van der Waals surface area contributed by atoms with Crippen molar-refractivity contribution in [3.8, 4) is 0 Å². The van der Waals surface area contributed by atoms with Crippen molar-refractivity contribution in [2.75, 3.05) is 6.54 Å². The lowest BCUT2D eigenvalue weighted by Crippen LogP contribution is -2.33. The summed E-state index contributed by atoms with van der Waals surface area (Å²) in [4.78, 5) is 0. The smallest absolute Gasteiger partial charge is 0.134 e. The van der Waals surface area contributed by atoms with Crippen LogP contribution in [0.1, 0.15) is 38.0 Å². The van der Waals surface area contributed by atoms with E-state index in [0.29, 0.717) is 18.1 Å². The third kappa shape index (κ3) is 2.27. The number of benzene rings is 1. The van der Waals surface area contributed by atoms with Crippen LogP contribution in [0.4, 0.5) is 4.39 Å². The lowest BCUT2D eigenvalue weighted by atomic mass is 9.83. The van der Waals surface area contributed by atoms with Gasteiger partial charge in [0.05, 0.1) is 18.2 Å². The van der Waals surface area contributed by atoms with Gasteiger partial charge in [-0.15, -0.1) is 0 Å². The Bertz CT molecular complexity index is 653. The highest BCUT2D eigenvalue weighted by atomic mass is 19.1. The van der Waals surface area contributed by atoms with Crippen molar-refractivity contribution in [3.05, 3.63) is 35.8 Å². The van der Waals surface area contributed by atoms with Crippen molar-refractivity contribution in [2.24, 2.45) is 5.92 Å². The van der Waals surface area contributed by atoms with Crippen molar-refractivity contribution in [2.45, 2.75) is 44.4 Å². The van der Waals surface area contributed by atoms with E-state index in [1.54, 1.807) is 6.07 Å². The van der Waals surface area contributed by atoms with E-state index in [1.807, 2.05) is 6.07 Å². The lowest BCUT2D eigenvalue weighted by molar-refractivity contribution is 0.0840. The van der Waals surface area contributed by atoms with Crippen molar-refractivity contribution in [3.63, 3.8) is 0 Å². The zero-order valence-electron chi connectivity index (χ0n) is 12.1. The van der Waals surface area contributed by atoms with Gasteiger partial charge in [-0.3, -0.25) is 0 Å². The molecular weight excluding hydrogens is 269 g/mol. The fourth-order valence-electron chi connectivity index (χ4n) is 3.90. The average Bonchev–Trinajstić information content (AvgIpc) is 3.18. The summed E-state index contributed by atoms with van der Waals surface area (Å²) in [5.74, 6) is 1.13. The van der Waals surface area contributed by atoms with Crippen LogP contribution in [-0.4, -0.2) is 18.8 Å². The molecule has 2 aromatic rings. The topological polar surface area (TPSA) is 34.4 Å². The second-order valence-corrected chi connectivity index (χ2v) is 6.14. The van der Waals surface area contributed by atoms with Gasteiger partial charge in [-0.1, -0.05) is 6.92 Å². The van der Waals surface area contributed by atoms with Crippen molar-refractivity contribution in [1.29, 1.82) is 0 Å². The molecule has 2 bridgehead atoms. The highest BCUT2D eigenvalue weighted by Gasteiger charge is 2.45. The molecule has 0 aliphatic carbocycles. The molecule has 1 aromatic heterocycles. The van der Waals surface area contributed by atoms with E-state index in [2.05, 4.69) is 12.2 Å². The molecule has 2 aliphatic rings. The predicted molar refractivity (Wildman–Crippen MR) is 78.6 cm³/mol. The molecule has 4 heteroatoms. The maximum absolute atomic E-state index is 13.3. The maximum atomic E-state index is 13.3. The first-order chi connectivity index (χ1) is 10.2. The van der Waals surface area contributed by atoms with Crippen LogP contribution >= 0.6 is 0 Å². The maximum Gasteiger partial charge on any atom is 0.134 e. The SMILES string of the molecule is CCNC(c1cc2cc(F)ccc2o1)C1CC2CCC1O2. The van der Waals surface area contributed by atoms with Gasteiger partial charge in [0.2, 0.25) is 0 Å². The quantitative estimate of drug-likeness (QED) is 0.930. The predicted octanol–water partition coefficient (Wildman–Crippen LogP) is 3.79. The first kappa shape index (κ1) is 13.3. The molecule has 0 radical (unpaired) electrons. The van der Waals surface area contributed by atoms with Crippen LogP contribution in [0.25, 0.3) is 11.0 Å². The third-order valence-electron chi connectivity index (χ3n) is 4.81. The summed E-state index contributed by atoms with van der Waals surface area (Å²) in [6.07, 6.45) is 4.18.